The van der Waals surface area contributed by atoms with Crippen LogP contribution in [0.25, 0.3) is 6.08 Å². The highest BCUT2D eigenvalue weighted by Crippen LogP contribution is 2.20. The van der Waals surface area contributed by atoms with E-state index in [-0.39, 0.29) is 5.57 Å². The minimum absolute atomic E-state index is 0.0610. The van der Waals surface area contributed by atoms with Crippen molar-refractivity contribution >= 4 is 17.8 Å². The van der Waals surface area contributed by atoms with E-state index < -0.39 is 5.91 Å². The first-order valence-electron chi connectivity index (χ1n) is 8.49. The normalized spacial score (nSPS) is 11.6. The predicted octanol–water partition coefficient (Wildman–Crippen LogP) is 3.59. The molecule has 0 spiro atoms. The summed E-state index contributed by atoms with van der Waals surface area (Å²) in [6.07, 6.45) is 2.44. The number of carbonyl (C=O) groups excluding carboxylic acids is 1. The SMILES string of the molecule is CCc1cc(NC(=O)/C(C#N)=C/c2cc(C)n(CC(C)C)c2C)n[nH]1. The molecule has 0 saturated carbocycles. The van der Waals surface area contributed by atoms with Crippen LogP contribution in [0.4, 0.5) is 5.82 Å². The highest BCUT2D eigenvalue weighted by molar-refractivity contribution is 6.09. The van der Waals surface area contributed by atoms with Gasteiger partial charge in [0.15, 0.2) is 5.82 Å². The Labute approximate surface area is 148 Å². The molecule has 2 N–H and O–H groups in total. The first-order chi connectivity index (χ1) is 11.8. The monoisotopic (exact) mass is 339 g/mol. The molecule has 0 radical (unpaired) electrons. The fourth-order valence-electron chi connectivity index (χ4n) is 2.71. The van der Waals surface area contributed by atoms with Gasteiger partial charge in [0, 0.05) is 29.7 Å². The van der Waals surface area contributed by atoms with Gasteiger partial charge in [0.25, 0.3) is 5.91 Å². The van der Waals surface area contributed by atoms with Crippen LogP contribution < -0.4 is 5.32 Å². The average molecular weight is 339 g/mol. The number of hydrogen-bond acceptors (Lipinski definition) is 3. The summed E-state index contributed by atoms with van der Waals surface area (Å²) in [5.74, 6) is 0.492. The Morgan fingerprint density at radius 2 is 2.16 bits per heavy atom. The number of aromatic amines is 1. The van der Waals surface area contributed by atoms with Crippen molar-refractivity contribution in [1.82, 2.24) is 14.8 Å². The predicted molar refractivity (Wildman–Crippen MR) is 98.9 cm³/mol. The average Bonchev–Trinajstić information content (AvgIpc) is 3.11. The topological polar surface area (TPSA) is 86.5 Å². The number of nitrogens with one attached hydrogen (secondary N) is 2. The second kappa shape index (κ2) is 7.84. The maximum absolute atomic E-state index is 12.4. The van der Waals surface area contributed by atoms with Crippen molar-refractivity contribution in [3.63, 3.8) is 0 Å². The zero-order valence-electron chi connectivity index (χ0n) is 15.5. The number of anilines is 1. The second-order valence-corrected chi connectivity index (χ2v) is 6.59. The number of aryl methyl sites for hydroxylation is 2. The van der Waals surface area contributed by atoms with Gasteiger partial charge in [-0.3, -0.25) is 9.89 Å². The van der Waals surface area contributed by atoms with Gasteiger partial charge in [0.1, 0.15) is 11.6 Å². The molecular weight excluding hydrogens is 314 g/mol. The largest absolute Gasteiger partial charge is 0.348 e. The van der Waals surface area contributed by atoms with Crippen LogP contribution in [0.3, 0.4) is 0 Å². The number of nitrogens with zero attached hydrogens (tertiary/aromatic N) is 3. The Hall–Kier alpha value is -2.81. The van der Waals surface area contributed by atoms with Crippen molar-refractivity contribution in [2.45, 2.75) is 47.6 Å². The summed E-state index contributed by atoms with van der Waals surface area (Å²) in [5, 5.41) is 18.9. The summed E-state index contributed by atoms with van der Waals surface area (Å²) in [4.78, 5) is 12.4. The van der Waals surface area contributed by atoms with Crippen LogP contribution >= 0.6 is 0 Å². The third kappa shape index (κ3) is 4.38. The fourth-order valence-corrected chi connectivity index (χ4v) is 2.71. The molecule has 6 heteroatoms. The summed E-state index contributed by atoms with van der Waals surface area (Å²) in [7, 11) is 0. The molecule has 0 aliphatic carbocycles. The molecule has 6 nitrogen and oxygen atoms in total. The molecule has 1 amide bonds. The van der Waals surface area contributed by atoms with Gasteiger partial charge < -0.3 is 9.88 Å². The van der Waals surface area contributed by atoms with Crippen LogP contribution in [0.5, 0.6) is 0 Å². The first kappa shape index (κ1) is 18.5. The number of aromatic nitrogens is 3. The number of nitriles is 1. The number of carbonyl (C=O) groups is 1. The Morgan fingerprint density at radius 3 is 2.72 bits per heavy atom. The van der Waals surface area contributed by atoms with Crippen LogP contribution in [0, 0.1) is 31.1 Å². The number of hydrogen-bond donors (Lipinski definition) is 2. The van der Waals surface area contributed by atoms with E-state index >= 15 is 0 Å². The van der Waals surface area contributed by atoms with Gasteiger partial charge in [0.05, 0.1) is 0 Å². The van der Waals surface area contributed by atoms with E-state index in [1.807, 2.05) is 32.9 Å². The van der Waals surface area contributed by atoms with E-state index in [0.717, 1.165) is 35.6 Å². The van der Waals surface area contributed by atoms with Gasteiger partial charge in [0.2, 0.25) is 0 Å². The molecule has 0 aromatic carbocycles. The summed E-state index contributed by atoms with van der Waals surface area (Å²) in [6.45, 7) is 11.3. The molecule has 2 rings (SSSR count). The van der Waals surface area contributed by atoms with Crippen molar-refractivity contribution in [3.8, 4) is 6.07 Å². The maximum Gasteiger partial charge on any atom is 0.267 e. The first-order valence-corrected chi connectivity index (χ1v) is 8.49. The molecule has 2 heterocycles. The molecule has 0 saturated heterocycles. The Morgan fingerprint density at radius 1 is 1.44 bits per heavy atom. The van der Waals surface area contributed by atoms with Crippen LogP contribution in [0.1, 0.15) is 43.4 Å². The number of H-pyrrole nitrogens is 1. The van der Waals surface area contributed by atoms with Crippen LogP contribution in [-0.4, -0.2) is 20.7 Å². The van der Waals surface area contributed by atoms with E-state index in [0.29, 0.717) is 11.7 Å². The molecule has 25 heavy (non-hydrogen) atoms. The second-order valence-electron chi connectivity index (χ2n) is 6.59. The van der Waals surface area contributed by atoms with E-state index in [2.05, 4.69) is 33.9 Å². The van der Waals surface area contributed by atoms with Crippen molar-refractivity contribution in [1.29, 1.82) is 5.26 Å². The van der Waals surface area contributed by atoms with Gasteiger partial charge in [-0.15, -0.1) is 0 Å². The summed E-state index contributed by atoms with van der Waals surface area (Å²) >= 11 is 0. The quantitative estimate of drug-likeness (QED) is 0.623. The molecule has 0 fully saturated rings. The van der Waals surface area contributed by atoms with Crippen molar-refractivity contribution < 1.29 is 4.79 Å². The van der Waals surface area contributed by atoms with Crippen molar-refractivity contribution in [3.05, 3.63) is 40.4 Å². The molecular formula is C19H25N5O. The Balaban J connectivity index is 2.25. The molecule has 0 aliphatic heterocycles. The molecule has 2 aromatic heterocycles. The van der Waals surface area contributed by atoms with Crippen LogP contribution in [0.15, 0.2) is 17.7 Å². The van der Waals surface area contributed by atoms with Gasteiger partial charge in [-0.1, -0.05) is 20.8 Å². The summed E-state index contributed by atoms with van der Waals surface area (Å²) in [6, 6.07) is 5.76. The summed E-state index contributed by atoms with van der Waals surface area (Å²) < 4.78 is 2.21. The highest BCUT2D eigenvalue weighted by Gasteiger charge is 2.14. The third-order valence-corrected chi connectivity index (χ3v) is 4.08. The number of rotatable bonds is 6. The van der Waals surface area contributed by atoms with Gasteiger partial charge in [-0.25, -0.2) is 0 Å². The lowest BCUT2D eigenvalue weighted by atomic mass is 10.1. The molecule has 0 aliphatic rings. The molecule has 2 aromatic rings. The lowest BCUT2D eigenvalue weighted by Crippen LogP contribution is -2.13. The number of amides is 1. The lowest BCUT2D eigenvalue weighted by Gasteiger charge is -2.12. The maximum atomic E-state index is 12.4. The highest BCUT2D eigenvalue weighted by atomic mass is 16.1. The Bertz CT molecular complexity index is 833. The summed E-state index contributed by atoms with van der Waals surface area (Å²) in [5.41, 5.74) is 4.05. The minimum atomic E-state index is -0.453. The van der Waals surface area contributed by atoms with Crippen LogP contribution in [0.2, 0.25) is 0 Å². The minimum Gasteiger partial charge on any atom is -0.348 e. The molecule has 0 atom stereocenters. The van der Waals surface area contributed by atoms with Gasteiger partial charge in [-0.05, 0) is 43.9 Å². The van der Waals surface area contributed by atoms with Gasteiger partial charge >= 0.3 is 0 Å². The zero-order chi connectivity index (χ0) is 18.6. The van der Waals surface area contributed by atoms with E-state index in [1.165, 1.54) is 0 Å². The third-order valence-electron chi connectivity index (χ3n) is 4.08. The zero-order valence-corrected chi connectivity index (χ0v) is 15.5. The fraction of sp³-hybridized carbons (Fsp3) is 0.421. The smallest absolute Gasteiger partial charge is 0.267 e. The molecule has 0 bridgehead atoms. The van der Waals surface area contributed by atoms with Crippen molar-refractivity contribution in [2.75, 3.05) is 5.32 Å². The lowest BCUT2D eigenvalue weighted by molar-refractivity contribution is -0.112. The molecule has 132 valence electrons. The van der Waals surface area contributed by atoms with Gasteiger partial charge in [-0.2, -0.15) is 10.4 Å². The van der Waals surface area contributed by atoms with E-state index in [9.17, 15) is 10.1 Å². The van der Waals surface area contributed by atoms with Crippen LogP contribution in [-0.2, 0) is 17.8 Å². The van der Waals surface area contributed by atoms with E-state index in [1.54, 1.807) is 12.1 Å². The van der Waals surface area contributed by atoms with E-state index in [4.69, 9.17) is 0 Å². The van der Waals surface area contributed by atoms with Crippen molar-refractivity contribution in [2.24, 2.45) is 5.92 Å². The standard InChI is InChI=1S/C19H25N5O/c1-6-17-9-18(23-22-17)21-19(25)16(10-20)8-15-7-13(4)24(14(15)5)11-12(2)3/h7-9,12H,6,11H2,1-5H3,(H2,21,22,23,25)/b16-8+. The molecule has 0 unspecified atom stereocenters. The Kier molecular flexibility index (Phi) is 5.81.